The molecule has 0 atom stereocenters. The molecule has 0 saturated heterocycles. The molecule has 0 heterocycles. The normalized spacial score (nSPS) is 4.78. The maximum Gasteiger partial charge on any atom is 0.231 e. The molecular weight excluding hydrogens is 240 g/mol. The van der Waals surface area contributed by atoms with Gasteiger partial charge in [0.2, 0.25) is 24.3 Å². The SMILES string of the molecule is CCCCCC.N=C=O.N=C=O.N=C=O.N=C=O. The Balaban J connectivity index is -0.0000000412. The van der Waals surface area contributed by atoms with Crippen molar-refractivity contribution < 1.29 is 19.2 Å². The van der Waals surface area contributed by atoms with Gasteiger partial charge >= 0.3 is 0 Å². The summed E-state index contributed by atoms with van der Waals surface area (Å²) in [5.41, 5.74) is 0. The molecule has 0 amide bonds. The Morgan fingerprint density at radius 1 is 0.611 bits per heavy atom. The Kier molecular flexibility index (Phi) is 143. The lowest BCUT2D eigenvalue weighted by Gasteiger charge is -1.86. The van der Waals surface area contributed by atoms with E-state index in [1.807, 2.05) is 0 Å². The summed E-state index contributed by atoms with van der Waals surface area (Å²) in [6, 6.07) is 0. The highest BCUT2D eigenvalue weighted by Crippen LogP contribution is 1.95. The highest BCUT2D eigenvalue weighted by atomic mass is 16.1. The van der Waals surface area contributed by atoms with Gasteiger partial charge in [0.15, 0.2) is 0 Å². The fourth-order valence-corrected chi connectivity index (χ4v) is 0.500. The van der Waals surface area contributed by atoms with Crippen LogP contribution in [0.4, 0.5) is 0 Å². The molecule has 0 fully saturated rings. The van der Waals surface area contributed by atoms with E-state index in [0.29, 0.717) is 0 Å². The third-order valence-corrected chi connectivity index (χ3v) is 0.957. The first kappa shape index (κ1) is 29.6. The molecule has 8 heteroatoms. The number of hydrogen-bond acceptors (Lipinski definition) is 8. The van der Waals surface area contributed by atoms with Gasteiger partial charge in [-0.1, -0.05) is 39.5 Å². The van der Waals surface area contributed by atoms with Gasteiger partial charge in [-0.2, -0.15) is 0 Å². The van der Waals surface area contributed by atoms with Crippen LogP contribution in [0.3, 0.4) is 0 Å². The summed E-state index contributed by atoms with van der Waals surface area (Å²) in [6.45, 7) is 4.46. The maximum atomic E-state index is 8.35. The first-order valence-electron chi connectivity index (χ1n) is 4.73. The van der Waals surface area contributed by atoms with Crippen LogP contribution in [0.15, 0.2) is 0 Å². The zero-order valence-electron chi connectivity index (χ0n) is 10.5. The van der Waals surface area contributed by atoms with Gasteiger partial charge in [0, 0.05) is 0 Å². The molecule has 102 valence electrons. The third-order valence-electron chi connectivity index (χ3n) is 0.957. The number of carbonyl (C=O) groups excluding carboxylic acids is 4. The topological polar surface area (TPSA) is 164 Å². The molecule has 0 saturated carbocycles. The molecule has 0 aromatic carbocycles. The predicted molar refractivity (Wildman–Crippen MR) is 63.5 cm³/mol. The van der Waals surface area contributed by atoms with E-state index in [9.17, 15) is 0 Å². The largest absolute Gasteiger partial charge is 0.231 e. The van der Waals surface area contributed by atoms with Gasteiger partial charge in [-0.25, -0.2) is 40.8 Å². The molecule has 0 unspecified atom stereocenters. The molecular formula is C10H18N4O4. The molecule has 0 aliphatic heterocycles. The van der Waals surface area contributed by atoms with Gasteiger partial charge in [0.05, 0.1) is 0 Å². The number of nitrogens with one attached hydrogen (secondary N) is 4. The average Bonchev–Trinajstić information content (AvgIpc) is 2.30. The van der Waals surface area contributed by atoms with Crippen LogP contribution in [-0.2, 0) is 19.2 Å². The van der Waals surface area contributed by atoms with E-state index in [0.717, 1.165) is 24.3 Å². The van der Waals surface area contributed by atoms with E-state index in [2.05, 4.69) is 13.8 Å². The molecule has 0 aliphatic carbocycles. The van der Waals surface area contributed by atoms with E-state index < -0.39 is 0 Å². The summed E-state index contributed by atoms with van der Waals surface area (Å²) >= 11 is 0. The Morgan fingerprint density at radius 3 is 0.778 bits per heavy atom. The summed E-state index contributed by atoms with van der Waals surface area (Å²) in [5, 5.41) is 21.6. The third kappa shape index (κ3) is 7840. The van der Waals surface area contributed by atoms with Crippen LogP contribution in [0, 0.1) is 21.6 Å². The van der Waals surface area contributed by atoms with Crippen molar-refractivity contribution in [3.63, 3.8) is 0 Å². The first-order valence-corrected chi connectivity index (χ1v) is 4.73. The Bertz CT molecular complexity index is 203. The number of rotatable bonds is 3. The van der Waals surface area contributed by atoms with Crippen LogP contribution in [0.2, 0.25) is 0 Å². The Labute approximate surface area is 105 Å². The molecule has 0 aromatic heterocycles. The monoisotopic (exact) mass is 258 g/mol. The molecule has 0 rings (SSSR count). The summed E-state index contributed by atoms with van der Waals surface area (Å²) in [7, 11) is 0. The first-order chi connectivity index (χ1) is 8.57. The van der Waals surface area contributed by atoms with E-state index in [4.69, 9.17) is 40.8 Å². The molecule has 18 heavy (non-hydrogen) atoms. The fraction of sp³-hybridized carbons (Fsp3) is 0.600. The van der Waals surface area contributed by atoms with Gasteiger partial charge < -0.3 is 0 Å². The lowest BCUT2D eigenvalue weighted by molar-refractivity contribution is 0.562. The van der Waals surface area contributed by atoms with E-state index >= 15 is 0 Å². The lowest BCUT2D eigenvalue weighted by Crippen LogP contribution is -1.66. The van der Waals surface area contributed by atoms with Gasteiger partial charge in [-0.15, -0.1) is 0 Å². The molecule has 0 aromatic rings. The van der Waals surface area contributed by atoms with Crippen LogP contribution in [0.5, 0.6) is 0 Å². The highest BCUT2D eigenvalue weighted by molar-refractivity contribution is 5.26. The molecule has 0 aliphatic rings. The molecule has 4 N–H and O–H groups in total. The van der Waals surface area contributed by atoms with Gasteiger partial charge in [-0.3, -0.25) is 0 Å². The van der Waals surface area contributed by atoms with Crippen molar-refractivity contribution in [3.8, 4) is 0 Å². The van der Waals surface area contributed by atoms with Crippen LogP contribution in [-0.4, -0.2) is 24.3 Å². The van der Waals surface area contributed by atoms with Gasteiger partial charge in [0.25, 0.3) is 0 Å². The van der Waals surface area contributed by atoms with Crippen molar-refractivity contribution in [1.82, 2.24) is 0 Å². The minimum atomic E-state index is 0.750. The smallest absolute Gasteiger partial charge is 0.222 e. The molecule has 8 nitrogen and oxygen atoms in total. The van der Waals surface area contributed by atoms with Gasteiger partial charge in [0.1, 0.15) is 0 Å². The summed E-state index contributed by atoms with van der Waals surface area (Å²) in [6.07, 6.45) is 8.54. The summed E-state index contributed by atoms with van der Waals surface area (Å²) in [4.78, 5) is 33.4. The van der Waals surface area contributed by atoms with Crippen LogP contribution in [0.1, 0.15) is 39.5 Å². The van der Waals surface area contributed by atoms with Crippen LogP contribution >= 0.6 is 0 Å². The summed E-state index contributed by atoms with van der Waals surface area (Å²) < 4.78 is 0. The van der Waals surface area contributed by atoms with Crippen molar-refractivity contribution >= 4 is 24.3 Å². The second kappa shape index (κ2) is 87.1. The maximum absolute atomic E-state index is 8.35. The lowest BCUT2D eigenvalue weighted by atomic mass is 10.2. The van der Waals surface area contributed by atoms with Crippen molar-refractivity contribution in [1.29, 1.82) is 21.6 Å². The van der Waals surface area contributed by atoms with Crippen LogP contribution in [0.25, 0.3) is 0 Å². The predicted octanol–water partition coefficient (Wildman–Crippen LogP) is 2.19. The fourth-order valence-electron chi connectivity index (χ4n) is 0.500. The zero-order valence-corrected chi connectivity index (χ0v) is 10.5. The van der Waals surface area contributed by atoms with Gasteiger partial charge in [-0.05, 0) is 0 Å². The van der Waals surface area contributed by atoms with Crippen LogP contribution < -0.4 is 0 Å². The second-order valence-electron chi connectivity index (χ2n) is 2.12. The quantitative estimate of drug-likeness (QED) is 0.346. The standard InChI is InChI=1S/C6H14.4CHNO/c1-3-5-6-4-2;4*2-1-3/h3-6H2,1-2H3;4*2H. The van der Waals surface area contributed by atoms with Crippen molar-refractivity contribution in [2.45, 2.75) is 39.5 Å². The van der Waals surface area contributed by atoms with Crippen molar-refractivity contribution in [2.75, 3.05) is 0 Å². The minimum Gasteiger partial charge on any atom is -0.222 e. The molecule has 0 spiro atoms. The Hall–Kier alpha value is -2.48. The second-order valence-corrected chi connectivity index (χ2v) is 2.12. The Morgan fingerprint density at radius 2 is 0.722 bits per heavy atom. The zero-order chi connectivity index (χ0) is 15.7. The molecule has 0 radical (unpaired) electrons. The minimum absolute atomic E-state index is 0.750. The van der Waals surface area contributed by atoms with Crippen molar-refractivity contribution in [2.24, 2.45) is 0 Å². The molecule has 0 bridgehead atoms. The van der Waals surface area contributed by atoms with E-state index in [-0.39, 0.29) is 0 Å². The van der Waals surface area contributed by atoms with Crippen molar-refractivity contribution in [3.05, 3.63) is 0 Å². The highest BCUT2D eigenvalue weighted by Gasteiger charge is 1.75. The van der Waals surface area contributed by atoms with E-state index in [1.54, 1.807) is 0 Å². The average molecular weight is 258 g/mol. The van der Waals surface area contributed by atoms with E-state index in [1.165, 1.54) is 25.7 Å². The number of hydrogen-bond donors (Lipinski definition) is 4. The number of unbranched alkanes of at least 4 members (excludes halogenated alkanes) is 3. The number of isocyanates is 4. The summed E-state index contributed by atoms with van der Waals surface area (Å²) in [5.74, 6) is 0.